The smallest absolute Gasteiger partial charge is 0.224 e. The summed E-state index contributed by atoms with van der Waals surface area (Å²) in [7, 11) is 3.97. The molecule has 0 saturated carbocycles. The van der Waals surface area contributed by atoms with E-state index in [1.807, 2.05) is 69.6 Å². The molecule has 0 bridgehead atoms. The van der Waals surface area contributed by atoms with Crippen molar-refractivity contribution in [1.29, 1.82) is 5.26 Å². The molecule has 10 heteroatoms. The lowest BCUT2D eigenvalue weighted by molar-refractivity contribution is -0.116. The SMILES string of the molecule is CCOc1cc2c(cc1NC(=O)CCCN(C)C)C(Nc1ccc(NCc3ccccn3)c(Cl)c1)C(C#N)CN2. The van der Waals surface area contributed by atoms with Crippen LogP contribution in [0.2, 0.25) is 5.02 Å². The fourth-order valence-corrected chi connectivity index (χ4v) is 4.86. The number of ether oxygens (including phenoxy) is 1. The van der Waals surface area contributed by atoms with E-state index in [4.69, 9.17) is 16.3 Å². The van der Waals surface area contributed by atoms with Crippen molar-refractivity contribution in [1.82, 2.24) is 9.88 Å². The lowest BCUT2D eigenvalue weighted by Gasteiger charge is -2.33. The van der Waals surface area contributed by atoms with E-state index in [9.17, 15) is 10.1 Å². The fourth-order valence-electron chi connectivity index (χ4n) is 4.62. The van der Waals surface area contributed by atoms with Crippen LogP contribution < -0.4 is 26.0 Å². The first-order chi connectivity index (χ1) is 19.4. The number of carbonyl (C=O) groups is 1. The average Bonchev–Trinajstić information content (AvgIpc) is 2.94. The molecule has 210 valence electrons. The maximum Gasteiger partial charge on any atom is 0.224 e. The summed E-state index contributed by atoms with van der Waals surface area (Å²) in [6.07, 6.45) is 2.91. The standard InChI is InChI=1S/C30H36ClN7O2/c1-4-40-28-16-26-23(15-27(28)37-29(39)9-7-13-38(2)3)30(20(17-32)18-34-26)36-21-10-11-25(24(31)14-21)35-19-22-8-5-6-12-33-22/h5-6,8,10-12,14-16,20,30,34-36H,4,7,9,13,18-19H2,1-3H3,(H,37,39). The highest BCUT2D eigenvalue weighted by atomic mass is 35.5. The van der Waals surface area contributed by atoms with Gasteiger partial charge in [0.15, 0.2) is 0 Å². The van der Waals surface area contributed by atoms with E-state index < -0.39 is 0 Å². The number of anilines is 4. The van der Waals surface area contributed by atoms with Crippen LogP contribution in [0.4, 0.5) is 22.7 Å². The zero-order valence-corrected chi connectivity index (χ0v) is 23.9. The molecule has 2 unspecified atom stereocenters. The summed E-state index contributed by atoms with van der Waals surface area (Å²) in [6.45, 7) is 4.22. The Kier molecular flexibility index (Phi) is 10.1. The van der Waals surface area contributed by atoms with Gasteiger partial charge >= 0.3 is 0 Å². The number of amides is 1. The van der Waals surface area contributed by atoms with Crippen LogP contribution in [0.25, 0.3) is 0 Å². The molecule has 1 aliphatic rings. The average molecular weight is 562 g/mol. The fraction of sp³-hybridized carbons (Fsp3) is 0.367. The predicted molar refractivity (Wildman–Crippen MR) is 161 cm³/mol. The number of nitriles is 1. The van der Waals surface area contributed by atoms with E-state index in [0.717, 1.165) is 41.3 Å². The number of halogens is 1. The number of pyridine rings is 1. The third-order valence-corrected chi connectivity index (χ3v) is 6.94. The van der Waals surface area contributed by atoms with Crippen molar-refractivity contribution in [2.75, 3.05) is 55.1 Å². The van der Waals surface area contributed by atoms with Crippen molar-refractivity contribution in [2.45, 2.75) is 32.4 Å². The summed E-state index contributed by atoms with van der Waals surface area (Å²) in [6, 6.07) is 17.4. The monoisotopic (exact) mass is 561 g/mol. The van der Waals surface area contributed by atoms with Gasteiger partial charge in [0.2, 0.25) is 5.91 Å². The minimum atomic E-state index is -0.352. The molecule has 2 atom stereocenters. The summed E-state index contributed by atoms with van der Waals surface area (Å²) >= 11 is 6.62. The van der Waals surface area contributed by atoms with E-state index >= 15 is 0 Å². The van der Waals surface area contributed by atoms with Crippen molar-refractivity contribution < 1.29 is 9.53 Å². The maximum atomic E-state index is 12.7. The molecule has 0 radical (unpaired) electrons. The van der Waals surface area contributed by atoms with Gasteiger partial charge in [0.05, 0.1) is 53.3 Å². The number of nitrogens with one attached hydrogen (secondary N) is 4. The van der Waals surface area contributed by atoms with Crippen LogP contribution in [0.15, 0.2) is 54.7 Å². The summed E-state index contributed by atoms with van der Waals surface area (Å²) in [5.41, 5.74) is 4.82. The molecule has 4 rings (SSSR count). The van der Waals surface area contributed by atoms with Gasteiger partial charge in [0.25, 0.3) is 0 Å². The number of benzene rings is 2. The molecule has 1 aliphatic heterocycles. The molecule has 0 aliphatic carbocycles. The largest absolute Gasteiger partial charge is 0.492 e. The van der Waals surface area contributed by atoms with Crippen molar-refractivity contribution in [3.05, 3.63) is 71.0 Å². The summed E-state index contributed by atoms with van der Waals surface area (Å²) in [4.78, 5) is 19.1. The van der Waals surface area contributed by atoms with E-state index in [1.54, 1.807) is 6.20 Å². The summed E-state index contributed by atoms with van der Waals surface area (Å²) in [5, 5.41) is 23.7. The van der Waals surface area contributed by atoms with Crippen LogP contribution in [0.5, 0.6) is 5.75 Å². The normalized spacial score (nSPS) is 15.9. The van der Waals surface area contributed by atoms with E-state index in [0.29, 0.717) is 42.6 Å². The Morgan fingerprint density at radius 2 is 2.08 bits per heavy atom. The summed E-state index contributed by atoms with van der Waals surface area (Å²) < 4.78 is 5.86. The molecule has 4 N–H and O–H groups in total. The van der Waals surface area contributed by atoms with Gasteiger partial charge in [-0.15, -0.1) is 0 Å². The van der Waals surface area contributed by atoms with Crippen LogP contribution in [0.1, 0.15) is 37.1 Å². The Bertz CT molecular complexity index is 1340. The number of carbonyl (C=O) groups excluding carboxylic acids is 1. The molecular weight excluding hydrogens is 526 g/mol. The van der Waals surface area contributed by atoms with Gasteiger partial charge in [-0.2, -0.15) is 5.26 Å². The van der Waals surface area contributed by atoms with Crippen molar-refractivity contribution in [3.8, 4) is 11.8 Å². The Morgan fingerprint density at radius 1 is 1.23 bits per heavy atom. The molecule has 0 fully saturated rings. The topological polar surface area (TPSA) is 114 Å². The Morgan fingerprint density at radius 3 is 2.77 bits per heavy atom. The predicted octanol–water partition coefficient (Wildman–Crippen LogP) is 5.74. The zero-order valence-electron chi connectivity index (χ0n) is 23.1. The Labute approximate surface area is 240 Å². The van der Waals surface area contributed by atoms with Gasteiger partial charge in [-0.1, -0.05) is 17.7 Å². The molecule has 3 aromatic rings. The molecule has 0 spiro atoms. The second kappa shape index (κ2) is 13.9. The number of nitrogens with zero attached hydrogens (tertiary/aromatic N) is 3. The summed E-state index contributed by atoms with van der Waals surface area (Å²) in [5.74, 6) is 0.165. The Balaban J connectivity index is 1.55. The van der Waals surface area contributed by atoms with Gasteiger partial charge in [-0.05, 0) is 70.4 Å². The highest BCUT2D eigenvalue weighted by Crippen LogP contribution is 2.42. The van der Waals surface area contributed by atoms with Crippen LogP contribution >= 0.6 is 11.6 Å². The molecule has 2 aromatic carbocycles. The maximum absolute atomic E-state index is 12.7. The van der Waals surface area contributed by atoms with Gasteiger partial charge in [0, 0.05) is 42.2 Å². The molecule has 1 aromatic heterocycles. The second-order valence-electron chi connectivity index (χ2n) is 9.93. The molecule has 1 amide bonds. The van der Waals surface area contributed by atoms with Gasteiger partial charge in [0.1, 0.15) is 5.75 Å². The lowest BCUT2D eigenvalue weighted by atomic mass is 9.88. The minimum absolute atomic E-state index is 0.0755. The highest BCUT2D eigenvalue weighted by Gasteiger charge is 2.31. The third kappa shape index (κ3) is 7.56. The lowest BCUT2D eigenvalue weighted by Crippen LogP contribution is -2.31. The number of aromatic nitrogens is 1. The Hall–Kier alpha value is -4.00. The molecule has 2 heterocycles. The quantitative estimate of drug-likeness (QED) is 0.221. The van der Waals surface area contributed by atoms with Gasteiger partial charge in [-0.3, -0.25) is 9.78 Å². The number of fused-ring (bicyclic) bond motifs is 1. The van der Waals surface area contributed by atoms with Gasteiger partial charge in [-0.25, -0.2) is 0 Å². The zero-order chi connectivity index (χ0) is 28.5. The third-order valence-electron chi connectivity index (χ3n) is 6.63. The van der Waals surface area contributed by atoms with E-state index in [1.165, 1.54) is 0 Å². The van der Waals surface area contributed by atoms with Crippen LogP contribution in [-0.4, -0.2) is 49.6 Å². The molecule has 0 saturated heterocycles. The van der Waals surface area contributed by atoms with Crippen LogP contribution in [0, 0.1) is 17.2 Å². The van der Waals surface area contributed by atoms with Crippen molar-refractivity contribution in [2.24, 2.45) is 5.92 Å². The first-order valence-electron chi connectivity index (χ1n) is 13.5. The van der Waals surface area contributed by atoms with E-state index in [2.05, 4.69) is 37.2 Å². The number of rotatable bonds is 12. The second-order valence-corrected chi connectivity index (χ2v) is 10.3. The van der Waals surface area contributed by atoms with E-state index in [-0.39, 0.29) is 17.9 Å². The highest BCUT2D eigenvalue weighted by molar-refractivity contribution is 6.33. The first-order valence-corrected chi connectivity index (χ1v) is 13.8. The molecule has 9 nitrogen and oxygen atoms in total. The van der Waals surface area contributed by atoms with Crippen molar-refractivity contribution in [3.63, 3.8) is 0 Å². The van der Waals surface area contributed by atoms with Gasteiger partial charge < -0.3 is 30.9 Å². The minimum Gasteiger partial charge on any atom is -0.492 e. The first kappa shape index (κ1) is 29.0. The number of hydrogen-bond acceptors (Lipinski definition) is 8. The molecule has 40 heavy (non-hydrogen) atoms. The molecular formula is C30H36ClN7O2. The van der Waals surface area contributed by atoms with Crippen molar-refractivity contribution >= 4 is 40.3 Å². The number of hydrogen-bond donors (Lipinski definition) is 4. The van der Waals surface area contributed by atoms with Crippen LogP contribution in [0.3, 0.4) is 0 Å². The van der Waals surface area contributed by atoms with Crippen LogP contribution in [-0.2, 0) is 11.3 Å².